The molecule has 2 aromatic rings. The van der Waals surface area contributed by atoms with Crippen LogP contribution in [-0.2, 0) is 6.54 Å². The van der Waals surface area contributed by atoms with Crippen molar-refractivity contribution in [3.05, 3.63) is 46.2 Å². The molecule has 0 N–H and O–H groups in total. The number of carbonyl (C=O) groups is 1. The summed E-state index contributed by atoms with van der Waals surface area (Å²) in [6.07, 6.45) is 0.626. The van der Waals surface area contributed by atoms with E-state index < -0.39 is 0 Å². The molecule has 0 unspecified atom stereocenters. The normalized spacial score (nSPS) is 11.1. The van der Waals surface area contributed by atoms with Gasteiger partial charge in [0.2, 0.25) is 0 Å². The summed E-state index contributed by atoms with van der Waals surface area (Å²) in [5.41, 5.74) is 0.868. The summed E-state index contributed by atoms with van der Waals surface area (Å²) in [4.78, 5) is 25.1. The maximum Gasteiger partial charge on any atom is 0.261 e. The molecule has 4 heteroatoms. The van der Waals surface area contributed by atoms with Gasteiger partial charge in [-0.15, -0.1) is 0 Å². The van der Waals surface area contributed by atoms with Crippen molar-refractivity contribution >= 4 is 17.2 Å². The molecule has 0 aliphatic carbocycles. The maximum atomic E-state index is 12.1. The van der Waals surface area contributed by atoms with Crippen molar-refractivity contribution < 1.29 is 4.79 Å². The van der Waals surface area contributed by atoms with Crippen LogP contribution in [0.2, 0.25) is 0 Å². The van der Waals surface area contributed by atoms with E-state index in [1.807, 2.05) is 43.3 Å². The highest BCUT2D eigenvalue weighted by Crippen LogP contribution is 2.12. The molecular weight excluding hydrogens is 228 g/mol. The van der Waals surface area contributed by atoms with Gasteiger partial charge in [0.05, 0.1) is 11.1 Å². The van der Waals surface area contributed by atoms with Crippen molar-refractivity contribution in [2.45, 2.75) is 6.54 Å². The smallest absolute Gasteiger partial charge is 0.261 e. The molecule has 0 aliphatic heterocycles. The summed E-state index contributed by atoms with van der Waals surface area (Å²) < 4.78 is 1.67. The minimum absolute atomic E-state index is 0.215. The molecule has 0 saturated heterocycles. The van der Waals surface area contributed by atoms with Crippen molar-refractivity contribution in [1.82, 2.24) is 9.47 Å². The number of pyridine rings is 1. The first-order chi connectivity index (χ1) is 8.63. The van der Waals surface area contributed by atoms with Crippen LogP contribution in [-0.4, -0.2) is 36.4 Å². The minimum Gasteiger partial charge on any atom is -0.308 e. The molecule has 1 aromatic carbocycles. The molecule has 1 aromatic heterocycles. The molecule has 4 nitrogen and oxygen atoms in total. The summed E-state index contributed by atoms with van der Waals surface area (Å²) in [7, 11) is 3.91. The van der Waals surface area contributed by atoms with Crippen LogP contribution < -0.4 is 5.56 Å². The second-order valence-corrected chi connectivity index (χ2v) is 4.54. The largest absolute Gasteiger partial charge is 0.308 e. The van der Waals surface area contributed by atoms with Crippen LogP contribution in [0.15, 0.2) is 35.1 Å². The van der Waals surface area contributed by atoms with E-state index in [4.69, 9.17) is 0 Å². The average Bonchev–Trinajstić information content (AvgIpc) is 2.36. The predicted octanol–water partition coefficient (Wildman–Crippen LogP) is 1.38. The highest BCUT2D eigenvalue weighted by molar-refractivity contribution is 5.86. The number of aromatic nitrogens is 1. The number of aldehydes is 1. The van der Waals surface area contributed by atoms with E-state index >= 15 is 0 Å². The third kappa shape index (κ3) is 2.33. The van der Waals surface area contributed by atoms with Crippen LogP contribution in [0.4, 0.5) is 0 Å². The fraction of sp³-hybridized carbons (Fsp3) is 0.286. The Balaban J connectivity index is 2.63. The van der Waals surface area contributed by atoms with Gasteiger partial charge in [0.1, 0.15) is 0 Å². The molecule has 0 saturated carbocycles. The zero-order valence-electron chi connectivity index (χ0n) is 10.6. The number of benzene rings is 1. The Morgan fingerprint density at radius 2 is 2.00 bits per heavy atom. The van der Waals surface area contributed by atoms with E-state index in [9.17, 15) is 9.59 Å². The Hall–Kier alpha value is -1.94. The highest BCUT2D eigenvalue weighted by atomic mass is 16.1. The molecule has 94 valence electrons. The van der Waals surface area contributed by atoms with Gasteiger partial charge in [0.25, 0.3) is 5.56 Å². The van der Waals surface area contributed by atoms with Gasteiger partial charge >= 0.3 is 0 Å². The quantitative estimate of drug-likeness (QED) is 0.763. The summed E-state index contributed by atoms with van der Waals surface area (Å²) in [5, 5.41) is 0.915. The maximum absolute atomic E-state index is 12.1. The van der Waals surface area contributed by atoms with Gasteiger partial charge in [0, 0.05) is 13.1 Å². The van der Waals surface area contributed by atoms with E-state index in [-0.39, 0.29) is 11.1 Å². The van der Waals surface area contributed by atoms with Crippen LogP contribution >= 0.6 is 0 Å². The zero-order valence-corrected chi connectivity index (χ0v) is 10.6. The molecule has 0 amide bonds. The number of rotatable bonds is 4. The fourth-order valence-corrected chi connectivity index (χ4v) is 1.96. The number of nitrogens with zero attached hydrogens (tertiary/aromatic N) is 2. The fourth-order valence-electron chi connectivity index (χ4n) is 1.96. The molecule has 0 aliphatic rings. The van der Waals surface area contributed by atoms with Crippen LogP contribution in [0.1, 0.15) is 10.4 Å². The standard InChI is InChI=1S/C14H16N2O2/c1-15(2)7-8-16-13-6-4-3-5-11(13)9-12(10-17)14(16)18/h3-6,9-10H,7-8H2,1-2H3. The van der Waals surface area contributed by atoms with Crippen LogP contribution in [0.25, 0.3) is 10.9 Å². The molecule has 0 atom stereocenters. The number of hydrogen-bond donors (Lipinski definition) is 0. The van der Waals surface area contributed by atoms with E-state index in [2.05, 4.69) is 0 Å². The first-order valence-corrected chi connectivity index (χ1v) is 5.86. The number of fused-ring (bicyclic) bond motifs is 1. The third-order valence-electron chi connectivity index (χ3n) is 2.93. The monoisotopic (exact) mass is 244 g/mol. The Morgan fingerprint density at radius 1 is 1.28 bits per heavy atom. The summed E-state index contributed by atoms with van der Waals surface area (Å²) >= 11 is 0. The van der Waals surface area contributed by atoms with Crippen molar-refractivity contribution in [3.63, 3.8) is 0 Å². The van der Waals surface area contributed by atoms with Crippen LogP contribution in [0, 0.1) is 0 Å². The first-order valence-electron chi connectivity index (χ1n) is 5.86. The van der Waals surface area contributed by atoms with Crippen molar-refractivity contribution in [2.75, 3.05) is 20.6 Å². The molecule has 0 spiro atoms. The van der Waals surface area contributed by atoms with E-state index in [0.717, 1.165) is 17.4 Å². The summed E-state index contributed by atoms with van der Waals surface area (Å²) in [6.45, 7) is 1.33. The van der Waals surface area contributed by atoms with Crippen LogP contribution in [0.5, 0.6) is 0 Å². The lowest BCUT2D eigenvalue weighted by atomic mass is 10.1. The van der Waals surface area contributed by atoms with Gasteiger partial charge in [-0.3, -0.25) is 9.59 Å². The Bertz CT molecular complexity index is 629. The first kappa shape index (κ1) is 12.5. The number of likely N-dealkylation sites (N-methyl/N-ethyl adjacent to an activating group) is 1. The number of carbonyl (C=O) groups excluding carboxylic acids is 1. The van der Waals surface area contributed by atoms with Crippen molar-refractivity contribution in [2.24, 2.45) is 0 Å². The highest BCUT2D eigenvalue weighted by Gasteiger charge is 2.08. The van der Waals surface area contributed by atoms with Crippen molar-refractivity contribution in [1.29, 1.82) is 0 Å². The van der Waals surface area contributed by atoms with Gasteiger partial charge in [-0.05, 0) is 31.6 Å². The minimum atomic E-state index is -0.217. The average molecular weight is 244 g/mol. The molecular formula is C14H16N2O2. The number of hydrogen-bond acceptors (Lipinski definition) is 3. The molecule has 2 rings (SSSR count). The lowest BCUT2D eigenvalue weighted by molar-refractivity contribution is 0.112. The van der Waals surface area contributed by atoms with E-state index in [1.165, 1.54) is 0 Å². The SMILES string of the molecule is CN(C)CCn1c(=O)c(C=O)cc2ccccc21. The molecule has 18 heavy (non-hydrogen) atoms. The van der Waals surface area contributed by atoms with E-state index in [1.54, 1.807) is 10.6 Å². The third-order valence-corrected chi connectivity index (χ3v) is 2.93. The summed E-state index contributed by atoms with van der Waals surface area (Å²) in [5.74, 6) is 0. The molecule has 1 heterocycles. The zero-order chi connectivity index (χ0) is 13.1. The van der Waals surface area contributed by atoms with Crippen LogP contribution in [0.3, 0.4) is 0 Å². The lowest BCUT2D eigenvalue weighted by Gasteiger charge is -2.14. The topological polar surface area (TPSA) is 42.3 Å². The van der Waals surface area contributed by atoms with Gasteiger partial charge < -0.3 is 9.47 Å². The molecule has 0 bridgehead atoms. The Morgan fingerprint density at radius 3 is 2.67 bits per heavy atom. The predicted molar refractivity (Wildman–Crippen MR) is 72.1 cm³/mol. The van der Waals surface area contributed by atoms with Gasteiger partial charge in [-0.25, -0.2) is 0 Å². The molecule has 0 fully saturated rings. The Labute approximate surface area is 105 Å². The van der Waals surface area contributed by atoms with E-state index in [0.29, 0.717) is 12.8 Å². The van der Waals surface area contributed by atoms with Gasteiger partial charge in [0.15, 0.2) is 6.29 Å². The molecule has 0 radical (unpaired) electrons. The lowest BCUT2D eigenvalue weighted by Crippen LogP contribution is -2.28. The van der Waals surface area contributed by atoms with Crippen molar-refractivity contribution in [3.8, 4) is 0 Å². The second kappa shape index (κ2) is 5.14. The van der Waals surface area contributed by atoms with Gasteiger partial charge in [-0.2, -0.15) is 0 Å². The summed E-state index contributed by atoms with van der Waals surface area (Å²) in [6, 6.07) is 9.26. The Kier molecular flexibility index (Phi) is 3.58. The number of para-hydroxylation sites is 1. The second-order valence-electron chi connectivity index (χ2n) is 4.54. The van der Waals surface area contributed by atoms with Gasteiger partial charge in [-0.1, -0.05) is 18.2 Å².